The molecule has 1 aromatic carbocycles. The summed E-state index contributed by atoms with van der Waals surface area (Å²) in [5, 5.41) is 7.50. The normalized spacial score (nSPS) is 10.3. The minimum atomic E-state index is 0.0873. The fourth-order valence-corrected chi connectivity index (χ4v) is 2.36. The number of nitrogen functional groups attached to an aromatic ring is 1. The van der Waals surface area contributed by atoms with E-state index < -0.39 is 0 Å². The van der Waals surface area contributed by atoms with Gasteiger partial charge in [0.15, 0.2) is 0 Å². The Kier molecular flexibility index (Phi) is 3.01. The van der Waals surface area contributed by atoms with Gasteiger partial charge in [0, 0.05) is 10.5 Å². The first kappa shape index (κ1) is 10.8. The number of hydrogen-bond donors (Lipinski definition) is 2. The average Bonchev–Trinajstić information content (AvgIpc) is 2.65. The van der Waals surface area contributed by atoms with E-state index in [2.05, 4.69) is 0 Å². The Balaban J connectivity index is 2.35. The molecular weight excluding hydrogens is 220 g/mol. The van der Waals surface area contributed by atoms with E-state index in [1.165, 1.54) is 0 Å². The molecule has 0 atom stereocenters. The van der Waals surface area contributed by atoms with Crippen molar-refractivity contribution in [1.82, 2.24) is 0 Å². The molecule has 0 fully saturated rings. The largest absolute Gasteiger partial charge is 0.468 e. The zero-order valence-corrected chi connectivity index (χ0v) is 9.67. The van der Waals surface area contributed by atoms with E-state index in [-0.39, 0.29) is 5.84 Å². The van der Waals surface area contributed by atoms with Gasteiger partial charge in [-0.25, -0.2) is 0 Å². The summed E-state index contributed by atoms with van der Waals surface area (Å²) >= 11 is 1.56. The molecule has 1 heterocycles. The molecule has 82 valence electrons. The Hall–Kier alpha value is -1.68. The molecule has 2 aromatic rings. The van der Waals surface area contributed by atoms with Crippen molar-refractivity contribution < 1.29 is 4.42 Å². The monoisotopic (exact) mass is 232 g/mol. The quantitative estimate of drug-likeness (QED) is 0.631. The summed E-state index contributed by atoms with van der Waals surface area (Å²) in [6.07, 6.45) is 1.66. The van der Waals surface area contributed by atoms with E-state index in [4.69, 9.17) is 15.6 Å². The third-order valence-electron chi connectivity index (χ3n) is 2.21. The fraction of sp³-hybridized carbons (Fsp3) is 0.0833. The molecule has 0 aliphatic rings. The highest BCUT2D eigenvalue weighted by atomic mass is 32.2. The van der Waals surface area contributed by atoms with Crippen molar-refractivity contribution in [1.29, 1.82) is 5.41 Å². The molecule has 0 saturated heterocycles. The van der Waals surface area contributed by atoms with Crippen LogP contribution >= 0.6 is 11.8 Å². The van der Waals surface area contributed by atoms with E-state index in [0.29, 0.717) is 0 Å². The van der Waals surface area contributed by atoms with Crippen LogP contribution in [-0.4, -0.2) is 5.84 Å². The molecule has 0 radical (unpaired) electrons. The molecule has 4 heteroatoms. The third-order valence-corrected chi connectivity index (χ3v) is 3.43. The summed E-state index contributed by atoms with van der Waals surface area (Å²) in [6, 6.07) is 9.53. The van der Waals surface area contributed by atoms with Crippen molar-refractivity contribution in [2.75, 3.05) is 0 Å². The highest BCUT2D eigenvalue weighted by molar-refractivity contribution is 7.99. The Morgan fingerprint density at radius 1 is 1.25 bits per heavy atom. The van der Waals surface area contributed by atoms with Crippen LogP contribution in [0.2, 0.25) is 0 Å². The predicted octanol–water partition coefficient (Wildman–Crippen LogP) is 3.02. The van der Waals surface area contributed by atoms with Crippen LogP contribution < -0.4 is 5.73 Å². The highest BCUT2D eigenvalue weighted by Crippen LogP contribution is 2.32. The van der Waals surface area contributed by atoms with Crippen LogP contribution in [0.3, 0.4) is 0 Å². The van der Waals surface area contributed by atoms with Gasteiger partial charge in [-0.1, -0.05) is 30.0 Å². The third kappa shape index (κ3) is 2.12. The van der Waals surface area contributed by atoms with Gasteiger partial charge in [-0.15, -0.1) is 0 Å². The molecule has 0 unspecified atom stereocenters. The van der Waals surface area contributed by atoms with Crippen LogP contribution in [0, 0.1) is 12.3 Å². The Morgan fingerprint density at radius 3 is 2.62 bits per heavy atom. The van der Waals surface area contributed by atoms with Crippen LogP contribution in [-0.2, 0) is 0 Å². The molecular formula is C12H12N2OS. The maximum Gasteiger partial charge on any atom is 0.123 e. The zero-order valence-electron chi connectivity index (χ0n) is 8.86. The van der Waals surface area contributed by atoms with Crippen molar-refractivity contribution in [3.05, 3.63) is 47.9 Å². The maximum absolute atomic E-state index is 7.50. The van der Waals surface area contributed by atoms with Gasteiger partial charge in [0.1, 0.15) is 11.6 Å². The molecule has 0 bridgehead atoms. The van der Waals surface area contributed by atoms with Crippen molar-refractivity contribution in [3.8, 4) is 0 Å². The summed E-state index contributed by atoms with van der Waals surface area (Å²) in [4.78, 5) is 2.02. The standard InChI is InChI=1S/C12H12N2OS/c1-8-10(6-7-15-8)16-11-5-3-2-4-9(11)12(13)14/h2-7H,1H3,(H3,13,14). The lowest BCUT2D eigenvalue weighted by Crippen LogP contribution is -2.11. The number of furan rings is 1. The molecule has 0 aliphatic carbocycles. The molecule has 3 nitrogen and oxygen atoms in total. The first-order chi connectivity index (χ1) is 7.68. The van der Waals surface area contributed by atoms with Gasteiger partial charge in [-0.3, -0.25) is 5.41 Å². The second-order valence-corrected chi connectivity index (χ2v) is 4.44. The van der Waals surface area contributed by atoms with Crippen molar-refractivity contribution in [2.24, 2.45) is 5.73 Å². The van der Waals surface area contributed by atoms with Crippen LogP contribution in [0.15, 0.2) is 50.8 Å². The molecule has 16 heavy (non-hydrogen) atoms. The molecule has 3 N–H and O–H groups in total. The van der Waals surface area contributed by atoms with E-state index >= 15 is 0 Å². The lowest BCUT2D eigenvalue weighted by atomic mass is 10.2. The van der Waals surface area contributed by atoms with Gasteiger partial charge in [-0.05, 0) is 19.1 Å². The van der Waals surface area contributed by atoms with Crippen molar-refractivity contribution >= 4 is 17.6 Å². The SMILES string of the molecule is Cc1occc1Sc1ccccc1C(=N)N. The topological polar surface area (TPSA) is 63.0 Å². The van der Waals surface area contributed by atoms with Crippen LogP contribution in [0.1, 0.15) is 11.3 Å². The number of nitrogens with two attached hydrogens (primary N) is 1. The summed E-state index contributed by atoms with van der Waals surface area (Å²) in [6.45, 7) is 1.92. The van der Waals surface area contributed by atoms with Crippen molar-refractivity contribution in [2.45, 2.75) is 16.7 Å². The molecule has 2 rings (SSSR count). The lowest BCUT2D eigenvalue weighted by molar-refractivity contribution is 0.527. The first-order valence-corrected chi connectivity index (χ1v) is 5.65. The van der Waals surface area contributed by atoms with E-state index in [9.17, 15) is 0 Å². The van der Waals surface area contributed by atoms with Gasteiger partial charge in [0.25, 0.3) is 0 Å². The van der Waals surface area contributed by atoms with Gasteiger partial charge in [0.2, 0.25) is 0 Å². The predicted molar refractivity (Wildman–Crippen MR) is 65.0 cm³/mol. The number of rotatable bonds is 3. The van der Waals surface area contributed by atoms with Crippen molar-refractivity contribution in [3.63, 3.8) is 0 Å². The molecule has 0 amide bonds. The molecule has 1 aromatic heterocycles. The molecule has 0 aliphatic heterocycles. The van der Waals surface area contributed by atoms with E-state index in [0.717, 1.165) is 21.1 Å². The highest BCUT2D eigenvalue weighted by Gasteiger charge is 2.08. The smallest absolute Gasteiger partial charge is 0.123 e. The minimum absolute atomic E-state index is 0.0873. The Bertz CT molecular complexity index is 519. The maximum atomic E-state index is 7.50. The summed E-state index contributed by atoms with van der Waals surface area (Å²) < 4.78 is 5.23. The molecule has 0 saturated carbocycles. The van der Waals surface area contributed by atoms with Crippen LogP contribution in [0.4, 0.5) is 0 Å². The summed E-state index contributed by atoms with van der Waals surface area (Å²) in [5.41, 5.74) is 6.29. The first-order valence-electron chi connectivity index (χ1n) is 4.84. The fourth-order valence-electron chi connectivity index (χ4n) is 1.38. The molecule has 0 spiro atoms. The lowest BCUT2D eigenvalue weighted by Gasteiger charge is -2.06. The number of nitrogens with one attached hydrogen (secondary N) is 1. The van der Waals surface area contributed by atoms with E-state index in [1.54, 1.807) is 18.0 Å². The van der Waals surface area contributed by atoms with E-state index in [1.807, 2.05) is 37.3 Å². The van der Waals surface area contributed by atoms with Gasteiger partial charge < -0.3 is 10.2 Å². The second kappa shape index (κ2) is 4.45. The number of benzene rings is 1. The van der Waals surface area contributed by atoms with Gasteiger partial charge in [0.05, 0.1) is 11.2 Å². The number of amidine groups is 1. The zero-order chi connectivity index (χ0) is 11.5. The second-order valence-electron chi connectivity index (χ2n) is 3.35. The summed E-state index contributed by atoms with van der Waals surface area (Å²) in [7, 11) is 0. The number of aryl methyl sites for hydroxylation is 1. The van der Waals surface area contributed by atoms with Crippen LogP contribution in [0.5, 0.6) is 0 Å². The van der Waals surface area contributed by atoms with Gasteiger partial charge >= 0.3 is 0 Å². The Labute approximate surface area is 98.2 Å². The minimum Gasteiger partial charge on any atom is -0.468 e. The van der Waals surface area contributed by atoms with Gasteiger partial charge in [-0.2, -0.15) is 0 Å². The van der Waals surface area contributed by atoms with Crippen LogP contribution in [0.25, 0.3) is 0 Å². The number of hydrogen-bond acceptors (Lipinski definition) is 3. The Morgan fingerprint density at radius 2 is 2.00 bits per heavy atom. The summed E-state index contributed by atoms with van der Waals surface area (Å²) in [5.74, 6) is 0.965. The average molecular weight is 232 g/mol.